The third kappa shape index (κ3) is 2.25. The van der Waals surface area contributed by atoms with Gasteiger partial charge in [0.25, 0.3) is 0 Å². The normalized spacial score (nSPS) is 32.7. The number of anilines is 1. The summed E-state index contributed by atoms with van der Waals surface area (Å²) in [5.74, 6) is 3.41. The van der Waals surface area contributed by atoms with Gasteiger partial charge in [0.2, 0.25) is 5.95 Å². The number of nitrogens with zero attached hydrogens (tertiary/aromatic N) is 2. The molecule has 0 saturated heterocycles. The van der Waals surface area contributed by atoms with Gasteiger partial charge in [-0.05, 0) is 43.9 Å². The predicted octanol–water partition coefficient (Wildman–Crippen LogP) is 3.37. The van der Waals surface area contributed by atoms with Crippen molar-refractivity contribution in [2.24, 2.45) is 17.8 Å². The highest BCUT2D eigenvalue weighted by Gasteiger charge is 2.41. The molecule has 2 fully saturated rings. The van der Waals surface area contributed by atoms with Crippen molar-refractivity contribution in [1.29, 1.82) is 0 Å². The number of fused-ring (bicyclic) bond motifs is 2. The Kier molecular flexibility index (Phi) is 2.95. The van der Waals surface area contributed by atoms with E-state index in [1.54, 1.807) is 12.4 Å². The molecule has 3 rings (SSSR count). The van der Waals surface area contributed by atoms with Gasteiger partial charge >= 0.3 is 0 Å². The Morgan fingerprint density at radius 2 is 2.06 bits per heavy atom. The van der Waals surface area contributed by atoms with E-state index in [1.807, 2.05) is 0 Å². The van der Waals surface area contributed by atoms with E-state index >= 15 is 0 Å². The van der Waals surface area contributed by atoms with Crippen molar-refractivity contribution in [2.45, 2.75) is 38.6 Å². The van der Waals surface area contributed by atoms with Gasteiger partial charge in [0.15, 0.2) is 0 Å². The predicted molar refractivity (Wildman–Crippen MR) is 69.1 cm³/mol. The lowest BCUT2D eigenvalue weighted by atomic mass is 9.84. The third-order valence-corrected chi connectivity index (χ3v) is 4.61. The minimum Gasteiger partial charge on any atom is -0.351 e. The average Bonchev–Trinajstić information content (AvgIpc) is 2.94. The summed E-state index contributed by atoms with van der Waals surface area (Å²) in [7, 11) is 0. The summed E-state index contributed by atoms with van der Waals surface area (Å²) in [5, 5.41) is 4.00. The Bertz CT molecular complexity index is 392. The fourth-order valence-electron chi connectivity index (χ4n) is 3.60. The van der Waals surface area contributed by atoms with Gasteiger partial charge in [-0.15, -0.1) is 0 Å². The topological polar surface area (TPSA) is 37.8 Å². The van der Waals surface area contributed by atoms with E-state index in [9.17, 15) is 0 Å². The molecule has 3 nitrogen and oxygen atoms in total. The van der Waals surface area contributed by atoms with Crippen LogP contribution in [-0.4, -0.2) is 16.0 Å². The molecule has 2 saturated carbocycles. The highest BCUT2D eigenvalue weighted by atomic mass is 35.5. The zero-order valence-electron chi connectivity index (χ0n) is 10.1. The van der Waals surface area contributed by atoms with Crippen LogP contribution in [0.2, 0.25) is 5.02 Å². The number of hydrogen-bond donors (Lipinski definition) is 1. The Labute approximate surface area is 107 Å². The van der Waals surface area contributed by atoms with E-state index < -0.39 is 0 Å². The summed E-state index contributed by atoms with van der Waals surface area (Å²) in [6, 6.07) is 0.464. The van der Waals surface area contributed by atoms with Crippen LogP contribution in [-0.2, 0) is 0 Å². The fraction of sp³-hybridized carbons (Fsp3) is 0.692. The minimum atomic E-state index is 0.464. The lowest BCUT2D eigenvalue weighted by Crippen LogP contribution is -2.30. The molecule has 2 aliphatic rings. The number of nitrogens with one attached hydrogen (secondary N) is 1. The molecule has 0 aliphatic heterocycles. The lowest BCUT2D eigenvalue weighted by Gasteiger charge is -2.28. The maximum atomic E-state index is 5.77. The first-order chi connectivity index (χ1) is 8.22. The minimum absolute atomic E-state index is 0.464. The van der Waals surface area contributed by atoms with Gasteiger partial charge in [0.1, 0.15) is 0 Å². The number of rotatable bonds is 3. The van der Waals surface area contributed by atoms with Gasteiger partial charge in [-0.2, -0.15) is 0 Å². The summed E-state index contributed by atoms with van der Waals surface area (Å²) < 4.78 is 0. The standard InChI is InChI=1S/C13H18ClN3/c1-8(12-5-9-2-3-10(12)4-9)17-13-15-6-11(14)7-16-13/h6-10,12H,2-5H2,1H3,(H,15,16,17). The van der Waals surface area contributed by atoms with E-state index in [2.05, 4.69) is 22.2 Å². The van der Waals surface area contributed by atoms with Gasteiger partial charge in [-0.25, -0.2) is 9.97 Å². The van der Waals surface area contributed by atoms with Gasteiger partial charge in [-0.3, -0.25) is 0 Å². The number of aromatic nitrogens is 2. The third-order valence-electron chi connectivity index (χ3n) is 4.41. The van der Waals surface area contributed by atoms with Crippen LogP contribution in [0.3, 0.4) is 0 Å². The van der Waals surface area contributed by atoms with Crippen molar-refractivity contribution in [2.75, 3.05) is 5.32 Å². The molecule has 0 radical (unpaired) electrons. The zero-order valence-corrected chi connectivity index (χ0v) is 10.8. The van der Waals surface area contributed by atoms with Crippen LogP contribution in [0.4, 0.5) is 5.95 Å². The molecular formula is C13H18ClN3. The maximum absolute atomic E-state index is 5.77. The summed E-state index contributed by atoms with van der Waals surface area (Å²) >= 11 is 5.77. The molecule has 1 aromatic rings. The highest BCUT2D eigenvalue weighted by molar-refractivity contribution is 6.30. The van der Waals surface area contributed by atoms with Crippen LogP contribution >= 0.6 is 11.6 Å². The Morgan fingerprint density at radius 1 is 1.29 bits per heavy atom. The molecule has 4 atom stereocenters. The largest absolute Gasteiger partial charge is 0.351 e. The van der Waals surface area contributed by atoms with Crippen molar-refractivity contribution in [3.8, 4) is 0 Å². The molecule has 2 bridgehead atoms. The lowest BCUT2D eigenvalue weighted by molar-refractivity contribution is 0.303. The molecular weight excluding hydrogens is 234 g/mol. The Balaban J connectivity index is 1.63. The van der Waals surface area contributed by atoms with Crippen LogP contribution in [0, 0.1) is 17.8 Å². The molecule has 1 aromatic heterocycles. The second-order valence-corrected chi connectivity index (χ2v) is 5.93. The number of halogens is 1. The molecule has 1 N–H and O–H groups in total. The first-order valence-electron chi connectivity index (χ1n) is 6.46. The monoisotopic (exact) mass is 251 g/mol. The smallest absolute Gasteiger partial charge is 0.222 e. The molecule has 92 valence electrons. The second kappa shape index (κ2) is 4.45. The molecule has 0 aromatic carbocycles. The van der Waals surface area contributed by atoms with Gasteiger partial charge in [0.05, 0.1) is 17.4 Å². The van der Waals surface area contributed by atoms with Crippen molar-refractivity contribution in [3.05, 3.63) is 17.4 Å². The fourth-order valence-corrected chi connectivity index (χ4v) is 3.70. The van der Waals surface area contributed by atoms with Crippen LogP contribution in [0.25, 0.3) is 0 Å². The van der Waals surface area contributed by atoms with Crippen molar-refractivity contribution < 1.29 is 0 Å². The molecule has 4 unspecified atom stereocenters. The van der Waals surface area contributed by atoms with Crippen LogP contribution in [0.1, 0.15) is 32.6 Å². The van der Waals surface area contributed by atoms with Crippen molar-refractivity contribution in [3.63, 3.8) is 0 Å². The Hall–Kier alpha value is -0.830. The molecule has 4 heteroatoms. The summed E-state index contributed by atoms with van der Waals surface area (Å²) in [6.45, 7) is 2.25. The van der Waals surface area contributed by atoms with Crippen LogP contribution in [0.15, 0.2) is 12.4 Å². The zero-order chi connectivity index (χ0) is 11.8. The van der Waals surface area contributed by atoms with Crippen LogP contribution < -0.4 is 5.32 Å². The number of hydrogen-bond acceptors (Lipinski definition) is 3. The summed E-state index contributed by atoms with van der Waals surface area (Å²) in [6.07, 6.45) is 8.98. The molecule has 0 amide bonds. The van der Waals surface area contributed by atoms with Gasteiger partial charge in [-0.1, -0.05) is 18.0 Å². The first-order valence-corrected chi connectivity index (χ1v) is 6.84. The molecule has 17 heavy (non-hydrogen) atoms. The summed E-state index contributed by atoms with van der Waals surface area (Å²) in [5.41, 5.74) is 0. The quantitative estimate of drug-likeness (QED) is 0.895. The Morgan fingerprint density at radius 3 is 2.65 bits per heavy atom. The molecule has 2 aliphatic carbocycles. The highest BCUT2D eigenvalue weighted by Crippen LogP contribution is 2.49. The van der Waals surface area contributed by atoms with Crippen molar-refractivity contribution >= 4 is 17.5 Å². The van der Waals surface area contributed by atoms with Crippen molar-refractivity contribution in [1.82, 2.24) is 9.97 Å². The maximum Gasteiger partial charge on any atom is 0.222 e. The SMILES string of the molecule is CC(Nc1ncc(Cl)cn1)C1CC2CCC1C2. The van der Waals surface area contributed by atoms with E-state index in [1.165, 1.54) is 25.7 Å². The van der Waals surface area contributed by atoms with E-state index in [4.69, 9.17) is 11.6 Å². The van der Waals surface area contributed by atoms with E-state index in [0.717, 1.165) is 17.8 Å². The van der Waals surface area contributed by atoms with Crippen LogP contribution in [0.5, 0.6) is 0 Å². The average molecular weight is 252 g/mol. The first kappa shape index (κ1) is 11.3. The van der Waals surface area contributed by atoms with E-state index in [-0.39, 0.29) is 0 Å². The molecule has 0 spiro atoms. The van der Waals surface area contributed by atoms with E-state index in [0.29, 0.717) is 17.0 Å². The second-order valence-electron chi connectivity index (χ2n) is 5.50. The summed E-state index contributed by atoms with van der Waals surface area (Å²) in [4.78, 5) is 8.40. The molecule has 1 heterocycles. The van der Waals surface area contributed by atoms with Gasteiger partial charge in [0, 0.05) is 6.04 Å². The van der Waals surface area contributed by atoms with Gasteiger partial charge < -0.3 is 5.32 Å².